The molecule has 3 rings (SSSR count). The fraction of sp³-hybridized carbons (Fsp3) is 0.579. The molecule has 0 bridgehead atoms. The van der Waals surface area contributed by atoms with E-state index in [-0.39, 0.29) is 12.0 Å². The van der Waals surface area contributed by atoms with Crippen LogP contribution in [0, 0.1) is 0 Å². The van der Waals surface area contributed by atoms with Gasteiger partial charge in [0.15, 0.2) is 0 Å². The van der Waals surface area contributed by atoms with Gasteiger partial charge in [0.25, 0.3) is 0 Å². The molecule has 2 aromatic heterocycles. The van der Waals surface area contributed by atoms with Gasteiger partial charge in [-0.1, -0.05) is 0 Å². The predicted molar refractivity (Wildman–Crippen MR) is 96.9 cm³/mol. The van der Waals surface area contributed by atoms with Gasteiger partial charge < -0.3 is 14.0 Å². The van der Waals surface area contributed by atoms with Crippen molar-refractivity contribution < 1.29 is 14.3 Å². The zero-order chi connectivity index (χ0) is 18.0. The van der Waals surface area contributed by atoms with Crippen molar-refractivity contribution in [1.29, 1.82) is 0 Å². The van der Waals surface area contributed by atoms with Crippen LogP contribution in [-0.4, -0.2) is 58.9 Å². The lowest BCUT2D eigenvalue weighted by atomic mass is 10.2. The summed E-state index contributed by atoms with van der Waals surface area (Å²) in [4.78, 5) is 19.5. The fourth-order valence-electron chi connectivity index (χ4n) is 3.16. The van der Waals surface area contributed by atoms with Crippen LogP contribution in [-0.2, 0) is 9.47 Å². The van der Waals surface area contributed by atoms with Crippen LogP contribution in [0.5, 0.6) is 0 Å². The maximum Gasteiger partial charge on any atom is 0.340 e. The second-order valence-corrected chi connectivity index (χ2v) is 7.59. The summed E-state index contributed by atoms with van der Waals surface area (Å²) in [5.74, 6) is -0.303. The zero-order valence-corrected chi connectivity index (χ0v) is 15.5. The quantitative estimate of drug-likeness (QED) is 0.798. The third-order valence-electron chi connectivity index (χ3n) is 4.31. The Balaban J connectivity index is 1.89. The summed E-state index contributed by atoms with van der Waals surface area (Å²) in [6, 6.07) is 3.99. The number of carbonyl (C=O) groups is 1. The molecule has 0 N–H and O–H groups in total. The lowest BCUT2D eigenvalue weighted by Crippen LogP contribution is -2.39. The van der Waals surface area contributed by atoms with Crippen molar-refractivity contribution in [3.8, 4) is 0 Å². The Kier molecular flexibility index (Phi) is 5.11. The molecule has 1 aliphatic heterocycles. The average molecular weight is 345 g/mol. The summed E-state index contributed by atoms with van der Waals surface area (Å²) in [5, 5.41) is 0.838. The number of esters is 1. The smallest absolute Gasteiger partial charge is 0.340 e. The molecule has 0 aliphatic carbocycles. The predicted octanol–water partition coefficient (Wildman–Crippen LogP) is 2.88. The van der Waals surface area contributed by atoms with Gasteiger partial charge in [-0.15, -0.1) is 0 Å². The lowest BCUT2D eigenvalue weighted by Gasteiger charge is -2.29. The van der Waals surface area contributed by atoms with Crippen molar-refractivity contribution >= 4 is 17.0 Å². The van der Waals surface area contributed by atoms with E-state index >= 15 is 0 Å². The molecule has 2 aromatic rings. The van der Waals surface area contributed by atoms with Crippen LogP contribution in [0.25, 0.3) is 11.0 Å². The van der Waals surface area contributed by atoms with E-state index in [0.717, 1.165) is 43.9 Å². The number of fused-ring (bicyclic) bond motifs is 1. The Labute approximate surface area is 148 Å². The highest BCUT2D eigenvalue weighted by Gasteiger charge is 2.24. The number of hydrogen-bond donors (Lipinski definition) is 0. The highest BCUT2D eigenvalue weighted by molar-refractivity contribution is 6.03. The minimum Gasteiger partial charge on any atom is -0.456 e. The maximum absolute atomic E-state index is 12.6. The Hall–Kier alpha value is -1.92. The number of carbonyl (C=O) groups excluding carboxylic acids is 1. The third-order valence-corrected chi connectivity index (χ3v) is 4.31. The molecule has 3 heterocycles. The first-order valence-corrected chi connectivity index (χ1v) is 8.84. The van der Waals surface area contributed by atoms with Gasteiger partial charge >= 0.3 is 5.97 Å². The van der Waals surface area contributed by atoms with Crippen LogP contribution in [0.2, 0.25) is 0 Å². The Morgan fingerprint density at radius 3 is 2.76 bits per heavy atom. The summed E-state index contributed by atoms with van der Waals surface area (Å²) in [6.07, 6.45) is 3.65. The molecule has 136 valence electrons. The fourth-order valence-corrected chi connectivity index (χ4v) is 3.16. The molecule has 6 heteroatoms. The number of hydrogen-bond acceptors (Lipinski definition) is 5. The van der Waals surface area contributed by atoms with E-state index in [4.69, 9.17) is 9.47 Å². The molecule has 25 heavy (non-hydrogen) atoms. The second kappa shape index (κ2) is 7.14. The van der Waals surface area contributed by atoms with Gasteiger partial charge in [-0.3, -0.25) is 4.90 Å². The zero-order valence-electron chi connectivity index (χ0n) is 15.5. The Morgan fingerprint density at radius 1 is 1.36 bits per heavy atom. The first-order chi connectivity index (χ1) is 11.8. The van der Waals surface area contributed by atoms with Gasteiger partial charge in [0, 0.05) is 43.5 Å². The standard InChI is InChI=1S/C19H27N3O3/c1-14(12-21-8-10-24-11-9-21)22-13-16(18(23)25-19(2,3)4)15-6-5-7-20-17(15)22/h5-7,13-14H,8-12H2,1-4H3. The molecular formula is C19H27N3O3. The van der Waals surface area contributed by atoms with E-state index in [1.54, 1.807) is 6.20 Å². The van der Waals surface area contributed by atoms with Crippen molar-refractivity contribution in [3.63, 3.8) is 0 Å². The highest BCUT2D eigenvalue weighted by Crippen LogP contribution is 2.25. The van der Waals surface area contributed by atoms with Crippen LogP contribution >= 0.6 is 0 Å². The first kappa shape index (κ1) is 17.9. The SMILES string of the molecule is CC(CN1CCOCC1)n1cc(C(=O)OC(C)(C)C)c2cccnc21. The minimum absolute atomic E-state index is 0.201. The van der Waals surface area contributed by atoms with Gasteiger partial charge in [-0.2, -0.15) is 0 Å². The number of nitrogens with zero attached hydrogens (tertiary/aromatic N) is 3. The molecule has 0 radical (unpaired) electrons. The van der Waals surface area contributed by atoms with E-state index in [2.05, 4.69) is 21.4 Å². The van der Waals surface area contributed by atoms with Crippen molar-refractivity contribution in [2.75, 3.05) is 32.8 Å². The average Bonchev–Trinajstić information content (AvgIpc) is 2.94. The van der Waals surface area contributed by atoms with E-state index < -0.39 is 5.60 Å². The molecule has 0 aromatic carbocycles. The monoisotopic (exact) mass is 345 g/mol. The van der Waals surface area contributed by atoms with Gasteiger partial charge in [-0.25, -0.2) is 9.78 Å². The molecule has 1 fully saturated rings. The molecule has 1 aliphatic rings. The number of ether oxygens (including phenoxy) is 2. The molecule has 0 amide bonds. The number of aromatic nitrogens is 2. The van der Waals surface area contributed by atoms with Gasteiger partial charge in [0.05, 0.1) is 18.8 Å². The van der Waals surface area contributed by atoms with E-state index in [0.29, 0.717) is 5.56 Å². The summed E-state index contributed by atoms with van der Waals surface area (Å²) in [7, 11) is 0. The minimum atomic E-state index is -0.521. The number of pyridine rings is 1. The topological polar surface area (TPSA) is 56.6 Å². The van der Waals surface area contributed by atoms with Crippen molar-refractivity contribution in [3.05, 3.63) is 30.1 Å². The lowest BCUT2D eigenvalue weighted by molar-refractivity contribution is 0.00715. The van der Waals surface area contributed by atoms with Crippen molar-refractivity contribution in [1.82, 2.24) is 14.5 Å². The summed E-state index contributed by atoms with van der Waals surface area (Å²) < 4.78 is 13.1. The normalized spacial score (nSPS) is 17.6. The summed E-state index contributed by atoms with van der Waals surface area (Å²) >= 11 is 0. The van der Waals surface area contributed by atoms with Gasteiger partial charge in [-0.05, 0) is 39.8 Å². The molecule has 1 unspecified atom stereocenters. The van der Waals surface area contributed by atoms with Gasteiger partial charge in [0.1, 0.15) is 11.2 Å². The summed E-state index contributed by atoms with van der Waals surface area (Å²) in [5.41, 5.74) is 0.878. The van der Waals surface area contributed by atoms with Gasteiger partial charge in [0.2, 0.25) is 0 Å². The first-order valence-electron chi connectivity index (χ1n) is 8.84. The van der Waals surface area contributed by atoms with Crippen LogP contribution in [0.1, 0.15) is 44.1 Å². The summed E-state index contributed by atoms with van der Waals surface area (Å²) in [6.45, 7) is 12.1. The molecule has 0 spiro atoms. The highest BCUT2D eigenvalue weighted by atomic mass is 16.6. The van der Waals surface area contributed by atoms with Crippen LogP contribution in [0.15, 0.2) is 24.5 Å². The molecule has 0 saturated carbocycles. The number of rotatable bonds is 4. The maximum atomic E-state index is 12.6. The van der Waals surface area contributed by atoms with Crippen molar-refractivity contribution in [2.24, 2.45) is 0 Å². The largest absolute Gasteiger partial charge is 0.456 e. The van der Waals surface area contributed by atoms with E-state index in [9.17, 15) is 4.79 Å². The number of morpholine rings is 1. The Bertz CT molecular complexity index is 742. The van der Waals surface area contributed by atoms with E-state index in [1.807, 2.05) is 39.1 Å². The van der Waals surface area contributed by atoms with Crippen LogP contribution in [0.4, 0.5) is 0 Å². The van der Waals surface area contributed by atoms with Crippen molar-refractivity contribution in [2.45, 2.75) is 39.3 Å². The molecule has 6 nitrogen and oxygen atoms in total. The van der Waals surface area contributed by atoms with Crippen LogP contribution < -0.4 is 0 Å². The van der Waals surface area contributed by atoms with E-state index in [1.165, 1.54) is 0 Å². The second-order valence-electron chi connectivity index (χ2n) is 7.59. The Morgan fingerprint density at radius 2 is 2.08 bits per heavy atom. The molecular weight excluding hydrogens is 318 g/mol. The van der Waals surface area contributed by atoms with Crippen LogP contribution in [0.3, 0.4) is 0 Å². The molecule has 1 saturated heterocycles. The molecule has 1 atom stereocenters. The third kappa shape index (κ3) is 4.19.